The maximum Gasteiger partial charge on any atom is 0.303 e. The Morgan fingerprint density at radius 1 is 1.09 bits per heavy atom. The Labute approximate surface area is 198 Å². The van der Waals surface area contributed by atoms with Crippen LogP contribution in [0.2, 0.25) is 0 Å². The second-order valence-corrected chi connectivity index (χ2v) is 9.79. The molecule has 1 heterocycles. The number of carbonyl (C=O) groups excluding carboxylic acids is 4. The molecular formula is C22H36N4O6S. The highest BCUT2D eigenvalue weighted by atomic mass is 32.2. The van der Waals surface area contributed by atoms with Crippen LogP contribution in [-0.2, 0) is 24.0 Å². The van der Waals surface area contributed by atoms with Gasteiger partial charge in [0.1, 0.15) is 12.1 Å². The summed E-state index contributed by atoms with van der Waals surface area (Å²) >= 11 is 1.39. The molecular weight excluding hydrogens is 448 g/mol. The van der Waals surface area contributed by atoms with Crippen molar-refractivity contribution in [3.05, 3.63) is 0 Å². The monoisotopic (exact) mass is 484 g/mol. The summed E-state index contributed by atoms with van der Waals surface area (Å²) < 4.78 is 0. The molecule has 5 N–H and O–H groups in total. The molecule has 11 heteroatoms. The van der Waals surface area contributed by atoms with E-state index in [0.717, 1.165) is 25.7 Å². The molecule has 1 saturated heterocycles. The van der Waals surface area contributed by atoms with E-state index in [1.807, 2.05) is 6.26 Å². The minimum Gasteiger partial charge on any atom is -0.481 e. The molecule has 0 aromatic carbocycles. The predicted octanol–water partition coefficient (Wildman–Crippen LogP) is 0.631. The standard InChI is InChI=1S/C22H36N4O6S/c1-33-13-18(27)24-15-9-10-26(19(28)7-8-20(29)30)17(12-15)22(32)25-16(21(23)31)11-14-5-3-2-4-6-14/h14-17H,2-13H2,1H3,(H2,23,31)(H,24,27)(H,25,32)(H,29,30)/t15-,16-,17-/m0/s1. The summed E-state index contributed by atoms with van der Waals surface area (Å²) in [5, 5.41) is 14.5. The van der Waals surface area contributed by atoms with Crippen LogP contribution in [0.25, 0.3) is 0 Å². The van der Waals surface area contributed by atoms with E-state index in [-0.39, 0.29) is 37.8 Å². The lowest BCUT2D eigenvalue weighted by atomic mass is 9.84. The number of hydrogen-bond donors (Lipinski definition) is 4. The van der Waals surface area contributed by atoms with Crippen LogP contribution in [0.4, 0.5) is 0 Å². The summed E-state index contributed by atoms with van der Waals surface area (Å²) in [5.74, 6) is -2.18. The number of hydrogen-bond acceptors (Lipinski definition) is 6. The number of primary amides is 1. The highest BCUT2D eigenvalue weighted by Gasteiger charge is 2.38. The van der Waals surface area contributed by atoms with Gasteiger partial charge in [-0.15, -0.1) is 0 Å². The number of carboxylic acid groups (broad SMARTS) is 1. The summed E-state index contributed by atoms with van der Waals surface area (Å²) in [6, 6.07) is -2.04. The molecule has 2 rings (SSSR count). The average Bonchev–Trinajstić information content (AvgIpc) is 2.77. The lowest BCUT2D eigenvalue weighted by molar-refractivity contribution is -0.146. The van der Waals surface area contributed by atoms with Gasteiger partial charge in [-0.05, 0) is 31.4 Å². The third-order valence-corrected chi connectivity index (χ3v) is 6.92. The molecule has 2 fully saturated rings. The predicted molar refractivity (Wildman–Crippen MR) is 124 cm³/mol. The normalized spacial score (nSPS) is 22.3. The number of nitrogens with zero attached hydrogens (tertiary/aromatic N) is 1. The van der Waals surface area contributed by atoms with Gasteiger partial charge in [-0.1, -0.05) is 32.1 Å². The van der Waals surface area contributed by atoms with Crippen LogP contribution < -0.4 is 16.4 Å². The van der Waals surface area contributed by atoms with Crippen molar-refractivity contribution in [1.82, 2.24) is 15.5 Å². The summed E-state index contributed by atoms with van der Waals surface area (Å²) in [6.07, 6.45) is 7.73. The SMILES string of the molecule is CSCC(=O)N[C@H]1CCN(C(=O)CCC(=O)O)[C@H](C(=O)N[C@@H](CC2CCCCC2)C(N)=O)C1. The number of rotatable bonds is 11. The number of nitrogens with two attached hydrogens (primary N) is 1. The van der Waals surface area contributed by atoms with Crippen LogP contribution >= 0.6 is 11.8 Å². The van der Waals surface area contributed by atoms with Gasteiger partial charge in [0, 0.05) is 19.0 Å². The summed E-state index contributed by atoms with van der Waals surface area (Å²) in [7, 11) is 0. The number of piperidine rings is 1. The zero-order valence-electron chi connectivity index (χ0n) is 19.2. The second-order valence-electron chi connectivity index (χ2n) is 8.92. The van der Waals surface area contributed by atoms with Crippen molar-refractivity contribution in [3.63, 3.8) is 0 Å². The largest absolute Gasteiger partial charge is 0.481 e. The van der Waals surface area contributed by atoms with Crippen LogP contribution in [0.5, 0.6) is 0 Å². The van der Waals surface area contributed by atoms with E-state index in [2.05, 4.69) is 10.6 Å². The highest BCUT2D eigenvalue weighted by Crippen LogP contribution is 2.27. The zero-order valence-corrected chi connectivity index (χ0v) is 20.0. The molecule has 4 amide bonds. The summed E-state index contributed by atoms with van der Waals surface area (Å²) in [4.78, 5) is 62.3. The zero-order chi connectivity index (χ0) is 24.4. The van der Waals surface area contributed by atoms with Gasteiger partial charge >= 0.3 is 5.97 Å². The number of likely N-dealkylation sites (tertiary alicyclic amines) is 1. The first kappa shape index (κ1) is 26.9. The van der Waals surface area contributed by atoms with Crippen molar-refractivity contribution in [1.29, 1.82) is 0 Å². The fourth-order valence-corrected chi connectivity index (χ4v) is 5.02. The molecule has 0 aromatic rings. The smallest absolute Gasteiger partial charge is 0.303 e. The van der Waals surface area contributed by atoms with E-state index in [1.165, 1.54) is 23.1 Å². The molecule has 1 saturated carbocycles. The minimum atomic E-state index is -1.09. The molecule has 2 aliphatic rings. The van der Waals surface area contributed by atoms with Crippen molar-refractivity contribution in [2.24, 2.45) is 11.7 Å². The molecule has 0 bridgehead atoms. The van der Waals surface area contributed by atoms with Gasteiger partial charge in [0.15, 0.2) is 0 Å². The lowest BCUT2D eigenvalue weighted by Gasteiger charge is -2.39. The fourth-order valence-electron chi connectivity index (χ4n) is 4.67. The fraction of sp³-hybridized carbons (Fsp3) is 0.773. The van der Waals surface area contributed by atoms with Gasteiger partial charge < -0.3 is 26.4 Å². The Morgan fingerprint density at radius 3 is 2.39 bits per heavy atom. The van der Waals surface area contributed by atoms with E-state index in [9.17, 15) is 24.0 Å². The molecule has 10 nitrogen and oxygen atoms in total. The van der Waals surface area contributed by atoms with Gasteiger partial charge in [-0.2, -0.15) is 11.8 Å². The van der Waals surface area contributed by atoms with Gasteiger partial charge in [0.2, 0.25) is 23.6 Å². The number of aliphatic carboxylic acids is 1. The van der Waals surface area contributed by atoms with E-state index >= 15 is 0 Å². The molecule has 0 radical (unpaired) electrons. The molecule has 0 unspecified atom stereocenters. The molecule has 1 aliphatic heterocycles. The number of carboxylic acids is 1. The summed E-state index contributed by atoms with van der Waals surface area (Å²) in [6.45, 7) is 0.213. The Balaban J connectivity index is 2.10. The Hall–Kier alpha value is -2.30. The van der Waals surface area contributed by atoms with Crippen molar-refractivity contribution < 1.29 is 29.1 Å². The lowest BCUT2D eigenvalue weighted by Crippen LogP contribution is -2.59. The van der Waals surface area contributed by atoms with Crippen LogP contribution in [0, 0.1) is 5.92 Å². The van der Waals surface area contributed by atoms with Gasteiger partial charge in [-0.25, -0.2) is 0 Å². The maximum absolute atomic E-state index is 13.2. The number of thioether (sulfide) groups is 1. The van der Waals surface area contributed by atoms with Crippen molar-refractivity contribution in [2.75, 3.05) is 18.6 Å². The quantitative estimate of drug-likeness (QED) is 0.335. The number of nitrogens with one attached hydrogen (secondary N) is 2. The van der Waals surface area contributed by atoms with Crippen molar-refractivity contribution in [2.45, 2.75) is 82.3 Å². The third kappa shape index (κ3) is 8.87. The van der Waals surface area contributed by atoms with Crippen LogP contribution in [-0.4, -0.2) is 76.3 Å². The van der Waals surface area contributed by atoms with Crippen molar-refractivity contribution >= 4 is 41.4 Å². The number of amides is 4. The molecule has 1 aliphatic carbocycles. The first-order valence-electron chi connectivity index (χ1n) is 11.6. The molecule has 0 aromatic heterocycles. The van der Waals surface area contributed by atoms with Gasteiger partial charge in [-0.3, -0.25) is 24.0 Å². The minimum absolute atomic E-state index is 0.148. The maximum atomic E-state index is 13.2. The number of carbonyl (C=O) groups is 5. The third-order valence-electron chi connectivity index (χ3n) is 6.37. The molecule has 3 atom stereocenters. The van der Waals surface area contributed by atoms with Crippen LogP contribution in [0.15, 0.2) is 0 Å². The Kier molecular flexibility index (Phi) is 11.0. The average molecular weight is 485 g/mol. The Morgan fingerprint density at radius 2 is 1.79 bits per heavy atom. The van der Waals surface area contributed by atoms with E-state index in [4.69, 9.17) is 10.8 Å². The van der Waals surface area contributed by atoms with Crippen molar-refractivity contribution in [3.8, 4) is 0 Å². The van der Waals surface area contributed by atoms with E-state index < -0.39 is 35.8 Å². The summed E-state index contributed by atoms with van der Waals surface area (Å²) in [5.41, 5.74) is 5.57. The first-order valence-corrected chi connectivity index (χ1v) is 13.0. The van der Waals surface area contributed by atoms with E-state index in [0.29, 0.717) is 24.5 Å². The first-order chi connectivity index (χ1) is 15.7. The molecule has 33 heavy (non-hydrogen) atoms. The molecule has 0 spiro atoms. The van der Waals surface area contributed by atoms with Gasteiger partial charge in [0.25, 0.3) is 0 Å². The second kappa shape index (κ2) is 13.4. The van der Waals surface area contributed by atoms with E-state index in [1.54, 1.807) is 0 Å². The van der Waals surface area contributed by atoms with Crippen LogP contribution in [0.3, 0.4) is 0 Å². The highest BCUT2D eigenvalue weighted by molar-refractivity contribution is 7.99. The van der Waals surface area contributed by atoms with Gasteiger partial charge in [0.05, 0.1) is 12.2 Å². The Bertz CT molecular complexity index is 728. The molecule has 186 valence electrons. The topological polar surface area (TPSA) is 159 Å². The van der Waals surface area contributed by atoms with Crippen LogP contribution in [0.1, 0.15) is 64.2 Å².